The lowest BCUT2D eigenvalue weighted by Crippen LogP contribution is -2.30. The molecule has 110 heavy (non-hydrogen) atoms. The number of rotatable bonds is 91. The summed E-state index contributed by atoms with van der Waals surface area (Å²) in [4.78, 5) is 73.4. The van der Waals surface area contributed by atoms with Crippen molar-refractivity contribution in [1.82, 2.24) is 0 Å². The van der Waals surface area contributed by atoms with Gasteiger partial charge >= 0.3 is 39.5 Å². The lowest BCUT2D eigenvalue weighted by Gasteiger charge is -2.21. The van der Waals surface area contributed by atoms with Crippen LogP contribution in [0.4, 0.5) is 0 Å². The maximum absolute atomic E-state index is 13.2. The molecule has 0 aromatic carbocycles. The fourth-order valence-electron chi connectivity index (χ4n) is 14.3. The second kappa shape index (κ2) is 83.5. The molecule has 0 aliphatic heterocycles. The molecule has 0 aromatic rings. The van der Waals surface area contributed by atoms with Gasteiger partial charge in [-0.1, -0.05) is 446 Å². The standard InChI is InChI=1S/C91H178O17P2/c1-6-10-13-16-19-22-25-28-30-32-33-34-38-42-45-50-55-60-65-70-75-89(94)102-81-87(108-91(96)77-72-67-62-57-52-47-43-39-36-35-37-40-44-48-53-58-63-68-73-84(5)9-4)83-106-110(99,100)104-79-85(92)78-103-109(97,98)105-82-86(80-101-88(93)74-69-64-59-54-49-27-24-21-18-15-12-8-3)107-90(95)76-71-66-61-56-51-46-41-31-29-26-23-20-17-14-11-7-2/h84-87,92H,6-83H2,1-5H3,(H,97,98)(H,99,100)/t84?,85-,86+,87+/m0/s1. The normalized spacial score (nSPS) is 13.9. The van der Waals surface area contributed by atoms with Crippen LogP contribution in [0.1, 0.15) is 497 Å². The summed E-state index contributed by atoms with van der Waals surface area (Å²) in [5.74, 6) is -1.22. The Balaban J connectivity index is 5.24. The van der Waals surface area contributed by atoms with E-state index in [0.717, 1.165) is 95.8 Å². The van der Waals surface area contributed by atoms with Crippen molar-refractivity contribution >= 4 is 39.5 Å². The highest BCUT2D eigenvalue weighted by atomic mass is 31.2. The summed E-state index contributed by atoms with van der Waals surface area (Å²) >= 11 is 0. The average Bonchev–Trinajstić information content (AvgIpc) is 0.899. The SMILES string of the molecule is CCCCCCCCCCCCCCCCCCCCCCC(=O)OC[C@H](COP(=O)(O)OC[C@@H](O)COP(=O)(O)OC[C@@H](COC(=O)CCCCCCCCCCCCCC)OC(=O)CCCCCCCCCCCCCCCCCC)OC(=O)CCCCCCCCCCCCCCCCCCCCC(C)CC. The molecular formula is C91H178O17P2. The zero-order chi connectivity index (χ0) is 80.4. The van der Waals surface area contributed by atoms with Crippen molar-refractivity contribution in [3.8, 4) is 0 Å². The highest BCUT2D eigenvalue weighted by molar-refractivity contribution is 7.47. The number of hydrogen-bond acceptors (Lipinski definition) is 15. The molecule has 0 rings (SSSR count). The molecule has 3 N–H and O–H groups in total. The maximum atomic E-state index is 13.2. The maximum Gasteiger partial charge on any atom is 0.472 e. The predicted molar refractivity (Wildman–Crippen MR) is 455 cm³/mol. The summed E-state index contributed by atoms with van der Waals surface area (Å²) < 4.78 is 69.1. The van der Waals surface area contributed by atoms with Crippen LogP contribution in [0.25, 0.3) is 0 Å². The Morgan fingerprint density at radius 2 is 0.436 bits per heavy atom. The molecule has 0 bridgehead atoms. The average molecular weight is 1610 g/mol. The minimum Gasteiger partial charge on any atom is -0.462 e. The second-order valence-corrected chi connectivity index (χ2v) is 35.8. The Morgan fingerprint density at radius 1 is 0.255 bits per heavy atom. The van der Waals surface area contributed by atoms with E-state index in [1.54, 1.807) is 0 Å². The molecular weight excluding hydrogens is 1430 g/mol. The number of ether oxygens (including phenoxy) is 4. The van der Waals surface area contributed by atoms with Crippen LogP contribution in [0.3, 0.4) is 0 Å². The molecule has 6 atom stereocenters. The molecule has 17 nitrogen and oxygen atoms in total. The van der Waals surface area contributed by atoms with Gasteiger partial charge in [-0.2, -0.15) is 0 Å². The van der Waals surface area contributed by atoms with Gasteiger partial charge in [-0.05, 0) is 31.6 Å². The predicted octanol–water partition coefficient (Wildman–Crippen LogP) is 28.3. The van der Waals surface area contributed by atoms with Gasteiger partial charge < -0.3 is 33.8 Å². The van der Waals surface area contributed by atoms with E-state index < -0.39 is 97.5 Å². The quantitative estimate of drug-likeness (QED) is 0.0222. The van der Waals surface area contributed by atoms with Gasteiger partial charge in [-0.25, -0.2) is 9.13 Å². The summed E-state index contributed by atoms with van der Waals surface area (Å²) in [6, 6.07) is 0. The Hall–Kier alpha value is -1.94. The van der Waals surface area contributed by atoms with Gasteiger partial charge in [-0.3, -0.25) is 37.3 Å². The van der Waals surface area contributed by atoms with E-state index in [1.165, 1.54) is 321 Å². The number of unbranched alkanes of at least 4 members (excludes halogenated alkanes) is 62. The van der Waals surface area contributed by atoms with Crippen molar-refractivity contribution in [1.29, 1.82) is 0 Å². The van der Waals surface area contributed by atoms with E-state index in [2.05, 4.69) is 34.6 Å². The first-order valence-electron chi connectivity index (χ1n) is 47.2. The van der Waals surface area contributed by atoms with E-state index >= 15 is 0 Å². The van der Waals surface area contributed by atoms with Gasteiger partial charge in [0, 0.05) is 25.7 Å². The first kappa shape index (κ1) is 108. The molecule has 0 heterocycles. The van der Waals surface area contributed by atoms with Crippen LogP contribution in [0.2, 0.25) is 0 Å². The number of carbonyl (C=O) groups excluding carboxylic acids is 4. The number of phosphoric acid groups is 2. The highest BCUT2D eigenvalue weighted by Gasteiger charge is 2.31. The van der Waals surface area contributed by atoms with Gasteiger partial charge in [0.05, 0.1) is 26.4 Å². The van der Waals surface area contributed by atoms with E-state index in [-0.39, 0.29) is 25.7 Å². The lowest BCUT2D eigenvalue weighted by atomic mass is 9.99. The third-order valence-corrected chi connectivity index (χ3v) is 23.8. The monoisotopic (exact) mass is 1610 g/mol. The van der Waals surface area contributed by atoms with Crippen LogP contribution >= 0.6 is 15.6 Å². The van der Waals surface area contributed by atoms with Gasteiger partial charge in [0.1, 0.15) is 19.3 Å². The minimum absolute atomic E-state index is 0.109. The van der Waals surface area contributed by atoms with E-state index in [9.17, 15) is 43.2 Å². The van der Waals surface area contributed by atoms with Crippen LogP contribution in [0.15, 0.2) is 0 Å². The Labute approximate surface area is 677 Å². The van der Waals surface area contributed by atoms with Crippen molar-refractivity contribution in [3.05, 3.63) is 0 Å². The van der Waals surface area contributed by atoms with Crippen LogP contribution in [-0.4, -0.2) is 96.7 Å². The molecule has 0 amide bonds. The van der Waals surface area contributed by atoms with E-state index in [0.29, 0.717) is 25.7 Å². The molecule has 19 heteroatoms. The molecule has 0 saturated carbocycles. The number of hydrogen-bond donors (Lipinski definition) is 3. The topological polar surface area (TPSA) is 237 Å². The van der Waals surface area contributed by atoms with Crippen molar-refractivity contribution < 1.29 is 80.2 Å². The minimum atomic E-state index is -4.97. The molecule has 654 valence electrons. The van der Waals surface area contributed by atoms with Gasteiger partial charge in [-0.15, -0.1) is 0 Å². The number of aliphatic hydroxyl groups is 1. The fraction of sp³-hybridized carbons (Fsp3) is 0.956. The number of phosphoric ester groups is 2. The van der Waals surface area contributed by atoms with Crippen molar-refractivity contribution in [3.63, 3.8) is 0 Å². The molecule has 3 unspecified atom stereocenters. The lowest BCUT2D eigenvalue weighted by molar-refractivity contribution is -0.161. The van der Waals surface area contributed by atoms with Gasteiger partial charge in [0.25, 0.3) is 0 Å². The van der Waals surface area contributed by atoms with Crippen molar-refractivity contribution in [2.45, 2.75) is 515 Å². The zero-order valence-electron chi connectivity index (χ0n) is 72.4. The third kappa shape index (κ3) is 82.6. The molecule has 0 spiro atoms. The largest absolute Gasteiger partial charge is 0.472 e. The van der Waals surface area contributed by atoms with Gasteiger partial charge in [0.15, 0.2) is 12.2 Å². The molecule has 0 saturated heterocycles. The van der Waals surface area contributed by atoms with Crippen molar-refractivity contribution in [2.75, 3.05) is 39.6 Å². The molecule has 0 aromatic heterocycles. The Morgan fingerprint density at radius 3 is 0.645 bits per heavy atom. The molecule has 0 radical (unpaired) electrons. The fourth-order valence-corrected chi connectivity index (χ4v) is 15.9. The second-order valence-electron chi connectivity index (χ2n) is 32.9. The number of esters is 4. The summed E-state index contributed by atoms with van der Waals surface area (Å²) in [6.07, 6.45) is 79.1. The summed E-state index contributed by atoms with van der Waals surface area (Å²) in [6.45, 7) is 7.47. The van der Waals surface area contributed by atoms with Crippen molar-refractivity contribution in [2.24, 2.45) is 5.92 Å². The molecule has 0 aliphatic rings. The summed E-state index contributed by atoms with van der Waals surface area (Å²) in [5.41, 5.74) is 0. The highest BCUT2D eigenvalue weighted by Crippen LogP contribution is 2.45. The molecule has 0 aliphatic carbocycles. The smallest absolute Gasteiger partial charge is 0.462 e. The van der Waals surface area contributed by atoms with Crippen LogP contribution < -0.4 is 0 Å². The van der Waals surface area contributed by atoms with Crippen LogP contribution in [0, 0.1) is 5.92 Å². The summed E-state index contributed by atoms with van der Waals surface area (Å²) in [5, 5.41) is 10.7. The zero-order valence-corrected chi connectivity index (χ0v) is 74.2. The van der Waals surface area contributed by atoms with E-state index in [1.807, 2.05) is 0 Å². The Bertz CT molecular complexity index is 2080. The summed E-state index contributed by atoms with van der Waals surface area (Å²) in [7, 11) is -9.93. The number of carbonyl (C=O) groups is 4. The number of aliphatic hydroxyl groups excluding tert-OH is 1. The third-order valence-electron chi connectivity index (χ3n) is 21.9. The first-order chi connectivity index (χ1) is 53.6. The van der Waals surface area contributed by atoms with Crippen LogP contribution in [0.5, 0.6) is 0 Å². The first-order valence-corrected chi connectivity index (χ1v) is 50.2. The van der Waals surface area contributed by atoms with E-state index in [4.69, 9.17) is 37.0 Å². The Kier molecular flexibility index (Phi) is 82.1. The van der Waals surface area contributed by atoms with Crippen LogP contribution in [-0.2, 0) is 65.4 Å². The van der Waals surface area contributed by atoms with Gasteiger partial charge in [0.2, 0.25) is 0 Å². The molecule has 0 fully saturated rings.